The van der Waals surface area contributed by atoms with Gasteiger partial charge in [0.1, 0.15) is 0 Å². The first-order valence-electron chi connectivity index (χ1n) is 8.72. The number of carbonyl (C=O) groups excluding carboxylic acids is 2. The number of nitrogens with one attached hydrogen (secondary N) is 1. The zero-order valence-corrected chi connectivity index (χ0v) is 14.8. The van der Waals surface area contributed by atoms with E-state index in [0.29, 0.717) is 13.1 Å². The highest BCUT2D eigenvalue weighted by Gasteiger charge is 2.26. The average Bonchev–Trinajstić information content (AvgIpc) is 2.74. The molecular formula is C18H29N3O2. The van der Waals surface area contributed by atoms with E-state index >= 15 is 0 Å². The number of aryl methyl sites for hydroxylation is 2. The SMILES string of the molecule is CCC(CC)C(=O)N1CCCN(C(=O)c2cc(C)[nH]c2C)CC1. The number of hydrogen-bond donors (Lipinski definition) is 1. The van der Waals surface area contributed by atoms with Crippen LogP contribution in [-0.2, 0) is 4.79 Å². The predicted octanol–water partition coefficient (Wildman–Crippen LogP) is 2.74. The lowest BCUT2D eigenvalue weighted by Crippen LogP contribution is -2.39. The van der Waals surface area contributed by atoms with Crippen molar-refractivity contribution in [1.82, 2.24) is 14.8 Å². The van der Waals surface area contributed by atoms with Gasteiger partial charge in [-0.25, -0.2) is 0 Å². The number of aromatic nitrogens is 1. The van der Waals surface area contributed by atoms with Gasteiger partial charge in [-0.1, -0.05) is 13.8 Å². The fourth-order valence-corrected chi connectivity index (χ4v) is 3.35. The fourth-order valence-electron chi connectivity index (χ4n) is 3.35. The summed E-state index contributed by atoms with van der Waals surface area (Å²) < 4.78 is 0. The van der Waals surface area contributed by atoms with Crippen LogP contribution in [0.5, 0.6) is 0 Å². The third-order valence-corrected chi connectivity index (χ3v) is 4.81. The molecule has 23 heavy (non-hydrogen) atoms. The molecule has 1 aromatic heterocycles. The minimum Gasteiger partial charge on any atom is -0.362 e. The molecule has 2 rings (SSSR count). The molecular weight excluding hydrogens is 290 g/mol. The first-order chi connectivity index (χ1) is 11.0. The van der Waals surface area contributed by atoms with Crippen molar-refractivity contribution in [3.8, 4) is 0 Å². The number of carbonyl (C=O) groups is 2. The Morgan fingerprint density at radius 2 is 1.70 bits per heavy atom. The van der Waals surface area contributed by atoms with Crippen molar-refractivity contribution >= 4 is 11.8 Å². The van der Waals surface area contributed by atoms with Crippen LogP contribution in [0.4, 0.5) is 0 Å². The average molecular weight is 319 g/mol. The summed E-state index contributed by atoms with van der Waals surface area (Å²) in [6, 6.07) is 1.91. The van der Waals surface area contributed by atoms with Crippen LogP contribution >= 0.6 is 0 Å². The van der Waals surface area contributed by atoms with Crippen LogP contribution in [0.2, 0.25) is 0 Å². The van der Waals surface area contributed by atoms with Gasteiger partial charge in [-0.2, -0.15) is 0 Å². The van der Waals surface area contributed by atoms with Crippen molar-refractivity contribution in [2.75, 3.05) is 26.2 Å². The van der Waals surface area contributed by atoms with Crippen molar-refractivity contribution in [3.63, 3.8) is 0 Å². The molecule has 1 saturated heterocycles. The Labute approximate surface area is 139 Å². The molecule has 0 spiro atoms. The second kappa shape index (κ2) is 7.66. The van der Waals surface area contributed by atoms with Gasteiger partial charge in [0.15, 0.2) is 0 Å². The van der Waals surface area contributed by atoms with Crippen LogP contribution in [0.1, 0.15) is 54.9 Å². The third kappa shape index (κ3) is 3.95. The largest absolute Gasteiger partial charge is 0.362 e. The van der Waals surface area contributed by atoms with Crippen LogP contribution in [0, 0.1) is 19.8 Å². The zero-order valence-electron chi connectivity index (χ0n) is 14.8. The number of rotatable bonds is 4. The van der Waals surface area contributed by atoms with Gasteiger partial charge in [-0.15, -0.1) is 0 Å². The van der Waals surface area contributed by atoms with Gasteiger partial charge in [0.25, 0.3) is 5.91 Å². The molecule has 5 nitrogen and oxygen atoms in total. The molecule has 0 aromatic carbocycles. The maximum atomic E-state index is 12.7. The summed E-state index contributed by atoms with van der Waals surface area (Å²) in [5.74, 6) is 0.438. The smallest absolute Gasteiger partial charge is 0.255 e. The van der Waals surface area contributed by atoms with Gasteiger partial charge in [0.05, 0.1) is 5.56 Å². The number of aromatic amines is 1. The lowest BCUT2D eigenvalue weighted by molar-refractivity contribution is -0.135. The van der Waals surface area contributed by atoms with Crippen LogP contribution in [0.25, 0.3) is 0 Å². The molecule has 5 heteroatoms. The van der Waals surface area contributed by atoms with Crippen LogP contribution in [0.15, 0.2) is 6.07 Å². The van der Waals surface area contributed by atoms with E-state index in [1.807, 2.05) is 29.7 Å². The second-order valence-corrected chi connectivity index (χ2v) is 6.48. The van der Waals surface area contributed by atoms with Gasteiger partial charge >= 0.3 is 0 Å². The third-order valence-electron chi connectivity index (χ3n) is 4.81. The summed E-state index contributed by atoms with van der Waals surface area (Å²) >= 11 is 0. The van der Waals surface area contributed by atoms with E-state index in [2.05, 4.69) is 18.8 Å². The monoisotopic (exact) mass is 319 g/mol. The maximum Gasteiger partial charge on any atom is 0.255 e. The van der Waals surface area contributed by atoms with E-state index in [4.69, 9.17) is 0 Å². The molecule has 1 fully saturated rings. The normalized spacial score (nSPS) is 15.9. The van der Waals surface area contributed by atoms with E-state index in [0.717, 1.165) is 49.3 Å². The fraction of sp³-hybridized carbons (Fsp3) is 0.667. The topological polar surface area (TPSA) is 56.4 Å². The summed E-state index contributed by atoms with van der Waals surface area (Å²) in [7, 11) is 0. The Hall–Kier alpha value is -1.78. The minimum atomic E-state index is 0.0729. The highest BCUT2D eigenvalue weighted by atomic mass is 16.2. The summed E-state index contributed by atoms with van der Waals surface area (Å²) in [4.78, 5) is 32.3. The number of H-pyrrole nitrogens is 1. The van der Waals surface area contributed by atoms with E-state index in [1.165, 1.54) is 0 Å². The quantitative estimate of drug-likeness (QED) is 0.928. The molecule has 2 amide bonds. The van der Waals surface area contributed by atoms with Gasteiger partial charge in [-0.3, -0.25) is 9.59 Å². The Morgan fingerprint density at radius 1 is 1.09 bits per heavy atom. The predicted molar refractivity (Wildman–Crippen MR) is 91.4 cm³/mol. The van der Waals surface area contributed by atoms with Gasteiger partial charge in [-0.05, 0) is 39.2 Å². The molecule has 0 aliphatic carbocycles. The van der Waals surface area contributed by atoms with Crippen LogP contribution < -0.4 is 0 Å². The van der Waals surface area contributed by atoms with Crippen molar-refractivity contribution in [1.29, 1.82) is 0 Å². The molecule has 1 aromatic rings. The lowest BCUT2D eigenvalue weighted by Gasteiger charge is -2.25. The molecule has 0 radical (unpaired) electrons. The summed E-state index contributed by atoms with van der Waals surface area (Å²) in [5.41, 5.74) is 2.68. The summed E-state index contributed by atoms with van der Waals surface area (Å²) in [6.45, 7) is 10.8. The Balaban J connectivity index is 2.02. The lowest BCUT2D eigenvalue weighted by atomic mass is 10.0. The molecule has 0 atom stereocenters. The molecule has 128 valence electrons. The number of hydrogen-bond acceptors (Lipinski definition) is 2. The van der Waals surface area contributed by atoms with Crippen molar-refractivity contribution < 1.29 is 9.59 Å². The number of amides is 2. The highest BCUT2D eigenvalue weighted by molar-refractivity contribution is 5.95. The van der Waals surface area contributed by atoms with Crippen molar-refractivity contribution in [2.24, 2.45) is 5.92 Å². The summed E-state index contributed by atoms with van der Waals surface area (Å²) in [6.07, 6.45) is 2.62. The number of nitrogens with zero attached hydrogens (tertiary/aromatic N) is 2. The van der Waals surface area contributed by atoms with Crippen molar-refractivity contribution in [3.05, 3.63) is 23.0 Å². The van der Waals surface area contributed by atoms with E-state index in [1.54, 1.807) is 0 Å². The Bertz CT molecular complexity index is 561. The molecule has 1 aliphatic rings. The van der Waals surface area contributed by atoms with Gasteiger partial charge in [0.2, 0.25) is 5.91 Å². The molecule has 0 saturated carbocycles. The van der Waals surface area contributed by atoms with Crippen LogP contribution in [-0.4, -0.2) is 52.8 Å². The first kappa shape index (κ1) is 17.6. The molecule has 1 aliphatic heterocycles. The van der Waals surface area contributed by atoms with E-state index < -0.39 is 0 Å². The molecule has 2 heterocycles. The van der Waals surface area contributed by atoms with E-state index in [9.17, 15) is 9.59 Å². The molecule has 0 unspecified atom stereocenters. The minimum absolute atomic E-state index is 0.0729. The highest BCUT2D eigenvalue weighted by Crippen LogP contribution is 2.17. The van der Waals surface area contributed by atoms with Crippen molar-refractivity contribution in [2.45, 2.75) is 47.0 Å². The van der Waals surface area contributed by atoms with Gasteiger partial charge in [0, 0.05) is 43.5 Å². The maximum absolute atomic E-state index is 12.7. The Morgan fingerprint density at radius 3 is 2.26 bits per heavy atom. The summed E-state index contributed by atoms with van der Waals surface area (Å²) in [5, 5.41) is 0. The standard InChI is InChI=1S/C18H29N3O2/c1-5-15(6-2)17(22)20-8-7-9-21(11-10-20)18(23)16-12-13(3)19-14(16)4/h12,15,19H,5-11H2,1-4H3. The van der Waals surface area contributed by atoms with E-state index in [-0.39, 0.29) is 17.7 Å². The zero-order chi connectivity index (χ0) is 17.0. The molecule has 0 bridgehead atoms. The van der Waals surface area contributed by atoms with Gasteiger partial charge < -0.3 is 14.8 Å². The second-order valence-electron chi connectivity index (χ2n) is 6.48. The van der Waals surface area contributed by atoms with Crippen LogP contribution in [0.3, 0.4) is 0 Å². The first-order valence-corrected chi connectivity index (χ1v) is 8.72. The Kier molecular flexibility index (Phi) is 5.85. The molecule has 1 N–H and O–H groups in total.